The van der Waals surface area contributed by atoms with Gasteiger partial charge in [0.1, 0.15) is 0 Å². The van der Waals surface area contributed by atoms with Crippen molar-refractivity contribution in [2.75, 3.05) is 18.0 Å². The van der Waals surface area contributed by atoms with Gasteiger partial charge in [0.2, 0.25) is 5.95 Å². The maximum Gasteiger partial charge on any atom is 0.225 e. The molecule has 4 heteroatoms. The average molecular weight is 188 g/mol. The minimum absolute atomic E-state index is 0.870. The van der Waals surface area contributed by atoms with E-state index in [4.69, 9.17) is 0 Å². The third-order valence-electron chi connectivity index (χ3n) is 2.67. The highest BCUT2D eigenvalue weighted by Crippen LogP contribution is 2.17. The van der Waals surface area contributed by atoms with Gasteiger partial charge in [-0.3, -0.25) is 0 Å². The Kier molecular flexibility index (Phi) is 1.65. The maximum absolute atomic E-state index is 4.50. The summed E-state index contributed by atoms with van der Waals surface area (Å²) >= 11 is 0. The smallest absolute Gasteiger partial charge is 0.225 e. The molecule has 1 N–H and O–H groups in total. The third-order valence-corrected chi connectivity index (χ3v) is 2.67. The molecule has 4 nitrogen and oxygen atoms in total. The molecule has 0 aliphatic carbocycles. The van der Waals surface area contributed by atoms with E-state index in [1.807, 2.05) is 18.5 Å². The van der Waals surface area contributed by atoms with Crippen LogP contribution in [0.3, 0.4) is 0 Å². The summed E-state index contributed by atoms with van der Waals surface area (Å²) in [5.74, 6) is 0.870. The summed E-state index contributed by atoms with van der Waals surface area (Å²) in [7, 11) is 0. The highest BCUT2D eigenvalue weighted by Gasteiger charge is 2.14. The normalized spacial score (nSPS) is 16.7. The molecule has 1 aliphatic rings. The molecule has 1 aliphatic heterocycles. The van der Waals surface area contributed by atoms with Gasteiger partial charge in [-0.25, -0.2) is 9.97 Å². The monoisotopic (exact) mass is 188 g/mol. The lowest BCUT2D eigenvalue weighted by Gasteiger charge is -2.13. The Balaban J connectivity index is 2.04. The van der Waals surface area contributed by atoms with Crippen molar-refractivity contribution >= 4 is 17.0 Å². The quantitative estimate of drug-likeness (QED) is 0.738. The van der Waals surface area contributed by atoms with E-state index in [0.717, 1.165) is 30.1 Å². The minimum Gasteiger partial charge on any atom is -0.359 e. The maximum atomic E-state index is 4.50. The molecule has 72 valence electrons. The highest BCUT2D eigenvalue weighted by atomic mass is 15.3. The first-order valence-corrected chi connectivity index (χ1v) is 4.98. The molecule has 14 heavy (non-hydrogen) atoms. The molecule has 0 bridgehead atoms. The van der Waals surface area contributed by atoms with Crippen LogP contribution < -0.4 is 4.90 Å². The van der Waals surface area contributed by atoms with Crippen molar-refractivity contribution in [3.05, 3.63) is 18.5 Å². The van der Waals surface area contributed by atoms with Crippen LogP contribution in [0.25, 0.3) is 11.0 Å². The molecule has 0 aromatic carbocycles. The van der Waals surface area contributed by atoms with E-state index in [0.29, 0.717) is 0 Å². The summed E-state index contributed by atoms with van der Waals surface area (Å²) in [6, 6.07) is 1.98. The second-order valence-corrected chi connectivity index (χ2v) is 3.64. The van der Waals surface area contributed by atoms with Crippen LogP contribution >= 0.6 is 0 Å². The second kappa shape index (κ2) is 2.97. The van der Waals surface area contributed by atoms with Crippen molar-refractivity contribution in [2.24, 2.45) is 0 Å². The average Bonchev–Trinajstić information content (AvgIpc) is 2.88. The summed E-state index contributed by atoms with van der Waals surface area (Å²) in [6.45, 7) is 2.19. The van der Waals surface area contributed by atoms with E-state index in [-0.39, 0.29) is 0 Å². The fraction of sp³-hybridized carbons (Fsp3) is 0.400. The van der Waals surface area contributed by atoms with E-state index in [1.54, 1.807) is 0 Å². The predicted molar refractivity (Wildman–Crippen MR) is 55.3 cm³/mol. The third kappa shape index (κ3) is 1.14. The number of aromatic amines is 1. The predicted octanol–water partition coefficient (Wildman–Crippen LogP) is 1.56. The lowest BCUT2D eigenvalue weighted by atomic mass is 10.4. The Hall–Kier alpha value is -1.58. The number of H-pyrrole nitrogens is 1. The van der Waals surface area contributed by atoms with Gasteiger partial charge in [0.05, 0.1) is 17.2 Å². The fourth-order valence-corrected chi connectivity index (χ4v) is 1.90. The molecule has 0 unspecified atom stereocenters. The Labute approximate surface area is 82.0 Å². The molecule has 2 aromatic heterocycles. The lowest BCUT2D eigenvalue weighted by molar-refractivity contribution is 0.907. The van der Waals surface area contributed by atoms with Crippen LogP contribution in [-0.2, 0) is 0 Å². The van der Waals surface area contributed by atoms with Gasteiger partial charge in [-0.05, 0) is 18.9 Å². The van der Waals surface area contributed by atoms with Crippen LogP contribution in [0, 0.1) is 0 Å². The first kappa shape index (κ1) is 7.79. The molecule has 0 atom stereocenters. The van der Waals surface area contributed by atoms with Crippen molar-refractivity contribution in [2.45, 2.75) is 12.8 Å². The molecule has 3 rings (SSSR count). The van der Waals surface area contributed by atoms with E-state index in [1.165, 1.54) is 12.8 Å². The molecular formula is C10H12N4. The number of hydrogen-bond acceptors (Lipinski definition) is 3. The second-order valence-electron chi connectivity index (χ2n) is 3.64. The Morgan fingerprint density at radius 1 is 1.29 bits per heavy atom. The number of fused-ring (bicyclic) bond motifs is 1. The summed E-state index contributed by atoms with van der Waals surface area (Å²) in [4.78, 5) is 14.2. The topological polar surface area (TPSA) is 44.8 Å². The molecule has 0 radical (unpaired) electrons. The van der Waals surface area contributed by atoms with Gasteiger partial charge in [-0.2, -0.15) is 0 Å². The number of nitrogens with one attached hydrogen (secondary N) is 1. The van der Waals surface area contributed by atoms with Crippen molar-refractivity contribution in [3.63, 3.8) is 0 Å². The zero-order chi connectivity index (χ0) is 9.38. The number of aromatic nitrogens is 3. The van der Waals surface area contributed by atoms with Gasteiger partial charge in [-0.1, -0.05) is 0 Å². The van der Waals surface area contributed by atoms with Gasteiger partial charge in [0.15, 0.2) is 0 Å². The van der Waals surface area contributed by atoms with Gasteiger partial charge >= 0.3 is 0 Å². The van der Waals surface area contributed by atoms with Crippen LogP contribution in [0.15, 0.2) is 18.5 Å². The van der Waals surface area contributed by atoms with Gasteiger partial charge in [0, 0.05) is 19.3 Å². The number of nitrogens with zero attached hydrogens (tertiary/aromatic N) is 3. The van der Waals surface area contributed by atoms with E-state index >= 15 is 0 Å². The molecule has 3 heterocycles. The summed E-state index contributed by atoms with van der Waals surface area (Å²) in [5, 5.41) is 0. The van der Waals surface area contributed by atoms with Gasteiger partial charge in [0.25, 0.3) is 0 Å². The Bertz CT molecular complexity index is 442. The lowest BCUT2D eigenvalue weighted by Crippen LogP contribution is -2.20. The van der Waals surface area contributed by atoms with Crippen molar-refractivity contribution in [3.8, 4) is 0 Å². The molecule has 0 amide bonds. The fourth-order valence-electron chi connectivity index (χ4n) is 1.90. The van der Waals surface area contributed by atoms with Crippen molar-refractivity contribution in [1.82, 2.24) is 15.0 Å². The Morgan fingerprint density at radius 2 is 2.14 bits per heavy atom. The van der Waals surface area contributed by atoms with Crippen LogP contribution in [0.2, 0.25) is 0 Å². The number of anilines is 1. The number of rotatable bonds is 1. The summed E-state index contributed by atoms with van der Waals surface area (Å²) in [6.07, 6.45) is 6.27. The van der Waals surface area contributed by atoms with E-state index in [2.05, 4.69) is 19.9 Å². The zero-order valence-electron chi connectivity index (χ0n) is 7.90. The van der Waals surface area contributed by atoms with Crippen LogP contribution in [0.1, 0.15) is 12.8 Å². The summed E-state index contributed by atoms with van der Waals surface area (Å²) in [5.41, 5.74) is 2.01. The zero-order valence-corrected chi connectivity index (χ0v) is 7.90. The SMILES string of the molecule is c1cc2nc(N3CCCC3)ncc2[nH]1. The first-order chi connectivity index (χ1) is 6.93. The molecule has 2 aromatic rings. The van der Waals surface area contributed by atoms with Crippen molar-refractivity contribution < 1.29 is 0 Å². The van der Waals surface area contributed by atoms with Crippen molar-refractivity contribution in [1.29, 1.82) is 0 Å². The molecular weight excluding hydrogens is 176 g/mol. The molecule has 0 spiro atoms. The molecule has 1 fully saturated rings. The van der Waals surface area contributed by atoms with Gasteiger partial charge in [-0.15, -0.1) is 0 Å². The summed E-state index contributed by atoms with van der Waals surface area (Å²) < 4.78 is 0. The largest absolute Gasteiger partial charge is 0.359 e. The Morgan fingerprint density at radius 3 is 3.00 bits per heavy atom. The molecule has 0 saturated carbocycles. The minimum atomic E-state index is 0.870. The number of hydrogen-bond donors (Lipinski definition) is 1. The van der Waals surface area contributed by atoms with Gasteiger partial charge < -0.3 is 9.88 Å². The van der Waals surface area contributed by atoms with Crippen LogP contribution in [0.4, 0.5) is 5.95 Å². The van der Waals surface area contributed by atoms with E-state index in [9.17, 15) is 0 Å². The molecule has 1 saturated heterocycles. The van der Waals surface area contributed by atoms with Crippen LogP contribution in [-0.4, -0.2) is 28.0 Å². The van der Waals surface area contributed by atoms with E-state index < -0.39 is 0 Å². The highest BCUT2D eigenvalue weighted by molar-refractivity contribution is 5.74. The standard InChI is InChI=1S/C10H12N4/c1-2-6-14(5-1)10-12-7-9-8(13-10)3-4-11-9/h3-4,7,11H,1-2,5-6H2. The van der Waals surface area contributed by atoms with Crippen LogP contribution in [0.5, 0.6) is 0 Å². The first-order valence-electron chi connectivity index (χ1n) is 4.98.